The van der Waals surface area contributed by atoms with Crippen LogP contribution in [0.1, 0.15) is 77.5 Å². The van der Waals surface area contributed by atoms with Gasteiger partial charge in [0, 0.05) is 52.5 Å². The third-order valence-corrected chi connectivity index (χ3v) is 12.4. The highest BCUT2D eigenvalue weighted by molar-refractivity contribution is 5.97. The highest BCUT2D eigenvalue weighted by Gasteiger charge is 2.78. The van der Waals surface area contributed by atoms with Crippen molar-refractivity contribution in [1.29, 1.82) is 0 Å². The first kappa shape index (κ1) is 27.1. The van der Waals surface area contributed by atoms with E-state index in [2.05, 4.69) is 37.0 Å². The van der Waals surface area contributed by atoms with Gasteiger partial charge in [-0.1, -0.05) is 32.0 Å². The topological polar surface area (TPSA) is 101 Å². The molecular formula is C34H42N2O6. The van der Waals surface area contributed by atoms with Crippen LogP contribution in [-0.2, 0) is 35.6 Å². The first-order chi connectivity index (χ1) is 19.9. The molecule has 8 nitrogen and oxygen atoms in total. The summed E-state index contributed by atoms with van der Waals surface area (Å²) in [6.45, 7) is 9.62. The Morgan fingerprint density at radius 1 is 1.12 bits per heavy atom. The maximum Gasteiger partial charge on any atom is 0.248 e. The molecule has 3 aliphatic heterocycles. The van der Waals surface area contributed by atoms with Gasteiger partial charge in [0.15, 0.2) is 17.7 Å². The second kappa shape index (κ2) is 8.56. The molecule has 4 fully saturated rings. The molecule has 1 amide bonds. The van der Waals surface area contributed by atoms with E-state index in [-0.39, 0.29) is 24.2 Å². The summed E-state index contributed by atoms with van der Waals surface area (Å²) in [6.07, 6.45) is 5.91. The van der Waals surface area contributed by atoms with Crippen LogP contribution in [0.15, 0.2) is 35.9 Å². The van der Waals surface area contributed by atoms with E-state index in [1.807, 2.05) is 24.8 Å². The Bertz CT molecular complexity index is 1540. The Morgan fingerprint density at radius 2 is 1.88 bits per heavy atom. The maximum absolute atomic E-state index is 13.5. The highest BCUT2D eigenvalue weighted by atomic mass is 16.8. The molecule has 1 spiro atoms. The monoisotopic (exact) mass is 574 g/mol. The van der Waals surface area contributed by atoms with Crippen molar-refractivity contribution in [3.63, 3.8) is 0 Å². The lowest BCUT2D eigenvalue weighted by molar-refractivity contribution is -0.280. The molecule has 4 heterocycles. The minimum Gasteiger partial charge on any atom is -0.382 e. The number of nitrogens with zero attached hydrogens (tertiary/aromatic N) is 1. The number of carbonyl (C=O) groups is 2. The van der Waals surface area contributed by atoms with E-state index in [0.717, 1.165) is 44.3 Å². The summed E-state index contributed by atoms with van der Waals surface area (Å²) in [4.78, 5) is 32.5. The number of rotatable bonds is 3. The maximum atomic E-state index is 13.5. The van der Waals surface area contributed by atoms with Gasteiger partial charge in [0.2, 0.25) is 5.91 Å². The lowest BCUT2D eigenvalue weighted by atomic mass is 9.41. The number of likely N-dealkylation sites (tertiary alicyclic amines) is 1. The standard InChI is InChI=1S/C34H42N2O6/c1-30(2)29-24(37)18-25-33(41-29,42-30)13-12-31(3)32(4)20(16-22-21-10-6-7-11-23(21)35-28(22)32)17-26(34(25,31)39)40-19-27(38)36-14-8-5-9-15-36/h6-7,10-11,18,20,26,29,35,39H,5,8-9,12-17,19H2,1-4H3/t20-,26+,29+,31-,32-,33?,34+/m1/s1. The summed E-state index contributed by atoms with van der Waals surface area (Å²) in [7, 11) is 0. The summed E-state index contributed by atoms with van der Waals surface area (Å²) in [5, 5.41) is 14.6. The summed E-state index contributed by atoms with van der Waals surface area (Å²) in [5.74, 6) is -1.23. The van der Waals surface area contributed by atoms with Gasteiger partial charge in [-0.05, 0) is 76.0 Å². The molecule has 1 aromatic heterocycles. The van der Waals surface area contributed by atoms with E-state index in [0.29, 0.717) is 24.8 Å². The minimum atomic E-state index is -1.60. The number of aliphatic hydroxyl groups is 1. The molecular weight excluding hydrogens is 532 g/mol. The molecule has 42 heavy (non-hydrogen) atoms. The van der Waals surface area contributed by atoms with Crippen molar-refractivity contribution in [3.05, 3.63) is 47.2 Å². The predicted octanol–water partition coefficient (Wildman–Crippen LogP) is 4.33. The second-order valence-corrected chi connectivity index (χ2v) is 14.6. The number of ether oxygens (including phenoxy) is 3. The first-order valence-corrected chi connectivity index (χ1v) is 15.8. The van der Waals surface area contributed by atoms with E-state index >= 15 is 0 Å². The molecule has 7 atom stereocenters. The van der Waals surface area contributed by atoms with Gasteiger partial charge in [0.05, 0.1) is 6.10 Å². The fraction of sp³-hybridized carbons (Fsp3) is 0.647. The van der Waals surface area contributed by atoms with Crippen LogP contribution in [0.2, 0.25) is 0 Å². The van der Waals surface area contributed by atoms with E-state index in [1.54, 1.807) is 6.08 Å². The molecule has 6 aliphatic rings. The van der Waals surface area contributed by atoms with Crippen LogP contribution < -0.4 is 0 Å². The number of ketones is 1. The number of hydrogen-bond acceptors (Lipinski definition) is 6. The smallest absolute Gasteiger partial charge is 0.248 e. The van der Waals surface area contributed by atoms with E-state index < -0.39 is 40.0 Å². The first-order valence-electron chi connectivity index (χ1n) is 15.8. The van der Waals surface area contributed by atoms with Gasteiger partial charge in [-0.3, -0.25) is 9.59 Å². The third kappa shape index (κ3) is 3.17. The predicted molar refractivity (Wildman–Crippen MR) is 156 cm³/mol. The quantitative estimate of drug-likeness (QED) is 0.566. The molecule has 2 saturated heterocycles. The minimum absolute atomic E-state index is 0.0373. The molecule has 3 aliphatic carbocycles. The zero-order valence-corrected chi connectivity index (χ0v) is 25.1. The number of aromatic amines is 1. The van der Waals surface area contributed by atoms with Crippen molar-refractivity contribution >= 4 is 22.6 Å². The van der Waals surface area contributed by atoms with Gasteiger partial charge < -0.3 is 29.2 Å². The van der Waals surface area contributed by atoms with Crippen molar-refractivity contribution in [2.75, 3.05) is 19.7 Å². The fourth-order valence-electron chi connectivity index (χ4n) is 9.99. The van der Waals surface area contributed by atoms with Gasteiger partial charge in [0.25, 0.3) is 0 Å². The van der Waals surface area contributed by atoms with Crippen LogP contribution in [0.3, 0.4) is 0 Å². The number of carbonyl (C=O) groups excluding carboxylic acids is 2. The van der Waals surface area contributed by atoms with Gasteiger partial charge >= 0.3 is 0 Å². The Morgan fingerprint density at radius 3 is 2.67 bits per heavy atom. The SMILES string of the molecule is CC1(C)OC23CC[C@]4(C)[C@@]5(C)c6[nH]c7ccccc7c6C[C@@H]5C[C@H](OCC(=O)N5CCCCC5)[C@@]4(O)C2=CC(=O)[C@@H]1O3. The van der Waals surface area contributed by atoms with Crippen molar-refractivity contribution in [2.45, 2.75) is 107 Å². The zero-order chi connectivity index (χ0) is 29.3. The molecule has 8 rings (SSSR count). The van der Waals surface area contributed by atoms with E-state index in [9.17, 15) is 14.7 Å². The van der Waals surface area contributed by atoms with Crippen LogP contribution in [0.5, 0.6) is 0 Å². The summed E-state index contributed by atoms with van der Waals surface area (Å²) in [6, 6.07) is 8.41. The zero-order valence-electron chi connectivity index (χ0n) is 25.1. The Hall–Kier alpha value is -2.52. The number of para-hydroxylation sites is 1. The van der Waals surface area contributed by atoms with Crippen LogP contribution in [0, 0.1) is 11.3 Å². The highest BCUT2D eigenvalue weighted by Crippen LogP contribution is 2.72. The Balaban J connectivity index is 1.26. The molecule has 1 unspecified atom stereocenters. The van der Waals surface area contributed by atoms with E-state index in [4.69, 9.17) is 14.2 Å². The van der Waals surface area contributed by atoms with Crippen molar-refractivity contribution in [2.24, 2.45) is 11.3 Å². The largest absolute Gasteiger partial charge is 0.382 e. The average molecular weight is 575 g/mol. The Kier molecular flexibility index (Phi) is 5.51. The Labute approximate surface area is 246 Å². The lowest BCUT2D eigenvalue weighted by Crippen LogP contribution is -2.75. The van der Waals surface area contributed by atoms with Gasteiger partial charge in [-0.2, -0.15) is 0 Å². The fourth-order valence-corrected chi connectivity index (χ4v) is 9.99. The van der Waals surface area contributed by atoms with Crippen molar-refractivity contribution in [3.8, 4) is 0 Å². The summed E-state index contributed by atoms with van der Waals surface area (Å²) in [5.41, 5.74) is 0.442. The number of piperidine rings is 1. The number of amides is 1. The molecule has 224 valence electrons. The van der Waals surface area contributed by atoms with Crippen molar-refractivity contribution in [1.82, 2.24) is 9.88 Å². The van der Waals surface area contributed by atoms with Gasteiger partial charge in [0.1, 0.15) is 17.8 Å². The summed E-state index contributed by atoms with van der Waals surface area (Å²) >= 11 is 0. The number of H-pyrrole nitrogens is 1. The number of nitrogens with one attached hydrogen (secondary N) is 1. The van der Waals surface area contributed by atoms with E-state index in [1.165, 1.54) is 16.6 Å². The normalized spacial score (nSPS) is 41.6. The molecule has 2 aromatic rings. The molecule has 1 aromatic carbocycles. The van der Waals surface area contributed by atoms with Gasteiger partial charge in [-0.25, -0.2) is 0 Å². The molecule has 2 N–H and O–H groups in total. The van der Waals surface area contributed by atoms with Crippen LogP contribution in [-0.4, -0.2) is 75.6 Å². The summed E-state index contributed by atoms with van der Waals surface area (Å²) < 4.78 is 19.7. The number of aromatic nitrogens is 1. The number of hydrogen-bond donors (Lipinski definition) is 2. The second-order valence-electron chi connectivity index (χ2n) is 14.6. The van der Waals surface area contributed by atoms with Crippen LogP contribution >= 0.6 is 0 Å². The number of benzene rings is 1. The van der Waals surface area contributed by atoms with Crippen LogP contribution in [0.4, 0.5) is 0 Å². The lowest BCUT2D eigenvalue weighted by Gasteiger charge is -2.67. The average Bonchev–Trinajstić information content (AvgIpc) is 3.56. The van der Waals surface area contributed by atoms with Crippen molar-refractivity contribution < 1.29 is 28.9 Å². The molecule has 2 saturated carbocycles. The van der Waals surface area contributed by atoms with Gasteiger partial charge in [-0.15, -0.1) is 0 Å². The molecule has 0 radical (unpaired) electrons. The third-order valence-electron chi connectivity index (χ3n) is 12.4. The number of fused-ring (bicyclic) bond motifs is 9. The van der Waals surface area contributed by atoms with Crippen LogP contribution in [0.25, 0.3) is 10.9 Å². The molecule has 8 heteroatoms. The molecule has 2 bridgehead atoms.